The van der Waals surface area contributed by atoms with Crippen molar-refractivity contribution >= 4 is 53.0 Å². The smallest absolute Gasteiger partial charge is 0.219 e. The molecule has 0 rings (SSSR count). The third-order valence-electron chi connectivity index (χ3n) is 0.752. The van der Waals surface area contributed by atoms with Crippen LogP contribution < -0.4 is 5.32 Å². The Morgan fingerprint density at radius 3 is 2.20 bits per heavy atom. The molecule has 0 fully saturated rings. The molecule has 0 aromatic carbocycles. The number of halogens is 3. The highest BCUT2D eigenvalue weighted by Gasteiger charge is 2.31. The lowest BCUT2D eigenvalue weighted by Crippen LogP contribution is -2.36. The summed E-state index contributed by atoms with van der Waals surface area (Å²) in [6.45, 7) is 0. The van der Waals surface area contributed by atoms with Crippen LogP contribution in [0.2, 0.25) is 0 Å². The van der Waals surface area contributed by atoms with Gasteiger partial charge in [0.25, 0.3) is 0 Å². The van der Waals surface area contributed by atoms with Crippen molar-refractivity contribution < 1.29 is 4.79 Å². The van der Waals surface area contributed by atoms with Crippen LogP contribution in [0.4, 0.5) is 0 Å². The van der Waals surface area contributed by atoms with Crippen LogP contribution in [0.5, 0.6) is 0 Å². The Bertz CT molecular complexity index is 116. The standard InChI is InChI=1S/C4H6Cl3NOS/c1-10-3(8-2-9)4(5,6)7/h2-3H,1H3,(H,8,9). The van der Waals surface area contributed by atoms with Crippen LogP contribution in [0.15, 0.2) is 0 Å². The summed E-state index contributed by atoms with van der Waals surface area (Å²) in [6, 6.07) is 0. The summed E-state index contributed by atoms with van der Waals surface area (Å²) in [5, 5.41) is 1.87. The molecule has 0 radical (unpaired) electrons. The van der Waals surface area contributed by atoms with Gasteiger partial charge in [-0.2, -0.15) is 0 Å². The van der Waals surface area contributed by atoms with E-state index >= 15 is 0 Å². The van der Waals surface area contributed by atoms with Crippen molar-refractivity contribution in [1.29, 1.82) is 0 Å². The van der Waals surface area contributed by atoms with Crippen molar-refractivity contribution in [3.8, 4) is 0 Å². The molecular formula is C4H6Cl3NOS. The van der Waals surface area contributed by atoms with Gasteiger partial charge in [0.1, 0.15) is 5.37 Å². The van der Waals surface area contributed by atoms with Gasteiger partial charge < -0.3 is 5.32 Å². The molecule has 0 aromatic heterocycles. The second kappa shape index (κ2) is 4.54. The number of alkyl halides is 3. The average Bonchev–Trinajstić information content (AvgIpc) is 1.80. The molecule has 2 nitrogen and oxygen atoms in total. The summed E-state index contributed by atoms with van der Waals surface area (Å²) in [7, 11) is 0. The lowest BCUT2D eigenvalue weighted by molar-refractivity contribution is -0.109. The van der Waals surface area contributed by atoms with Gasteiger partial charge in [0.15, 0.2) is 0 Å². The normalized spacial score (nSPS) is 14.4. The fraction of sp³-hybridized carbons (Fsp3) is 0.750. The van der Waals surface area contributed by atoms with E-state index in [0.717, 1.165) is 0 Å². The largest absolute Gasteiger partial charge is 0.343 e. The van der Waals surface area contributed by atoms with E-state index in [0.29, 0.717) is 6.41 Å². The first-order chi connectivity index (χ1) is 4.52. The Kier molecular flexibility index (Phi) is 4.86. The quantitative estimate of drug-likeness (QED) is 0.448. The minimum atomic E-state index is -1.44. The molecular weight excluding hydrogens is 216 g/mol. The number of rotatable bonds is 3. The van der Waals surface area contributed by atoms with Gasteiger partial charge in [-0.15, -0.1) is 11.8 Å². The van der Waals surface area contributed by atoms with Gasteiger partial charge in [0.05, 0.1) is 0 Å². The zero-order chi connectivity index (χ0) is 8.20. The second-order valence-electron chi connectivity index (χ2n) is 1.44. The van der Waals surface area contributed by atoms with Crippen molar-refractivity contribution in [1.82, 2.24) is 5.32 Å². The first-order valence-electron chi connectivity index (χ1n) is 2.31. The molecule has 60 valence electrons. The maximum Gasteiger partial charge on any atom is 0.219 e. The van der Waals surface area contributed by atoms with Crippen LogP contribution in [0.25, 0.3) is 0 Å². The lowest BCUT2D eigenvalue weighted by Gasteiger charge is -2.20. The molecule has 0 aromatic rings. The first-order valence-corrected chi connectivity index (χ1v) is 4.73. The van der Waals surface area contributed by atoms with E-state index in [-0.39, 0.29) is 0 Å². The number of hydrogen-bond acceptors (Lipinski definition) is 2. The fourth-order valence-corrected chi connectivity index (χ4v) is 1.81. The molecule has 0 bridgehead atoms. The second-order valence-corrected chi connectivity index (χ2v) is 4.75. The summed E-state index contributed by atoms with van der Waals surface area (Å²) in [5.74, 6) is 0. The Labute approximate surface area is 78.6 Å². The number of carbonyl (C=O) groups is 1. The Morgan fingerprint density at radius 2 is 2.10 bits per heavy atom. The highest BCUT2D eigenvalue weighted by molar-refractivity contribution is 7.99. The van der Waals surface area contributed by atoms with Gasteiger partial charge in [-0.05, 0) is 6.26 Å². The van der Waals surface area contributed by atoms with Crippen LogP contribution in [0, 0.1) is 0 Å². The zero-order valence-electron chi connectivity index (χ0n) is 5.11. The minimum absolute atomic E-state index is 0.491. The van der Waals surface area contributed by atoms with E-state index < -0.39 is 9.17 Å². The molecule has 0 heterocycles. The van der Waals surface area contributed by atoms with E-state index in [2.05, 4.69) is 5.32 Å². The Balaban J connectivity index is 3.92. The van der Waals surface area contributed by atoms with E-state index in [4.69, 9.17) is 34.8 Å². The molecule has 0 aliphatic rings. The van der Waals surface area contributed by atoms with Crippen LogP contribution in [-0.4, -0.2) is 21.8 Å². The molecule has 0 saturated carbocycles. The third kappa shape index (κ3) is 3.76. The first kappa shape index (κ1) is 10.7. The SMILES string of the molecule is CSC(NC=O)C(Cl)(Cl)Cl. The van der Waals surface area contributed by atoms with Crippen LogP contribution in [-0.2, 0) is 4.79 Å². The lowest BCUT2D eigenvalue weighted by atomic mass is 10.7. The van der Waals surface area contributed by atoms with Crippen molar-refractivity contribution in [2.24, 2.45) is 0 Å². The third-order valence-corrected chi connectivity index (χ3v) is 2.76. The minimum Gasteiger partial charge on any atom is -0.343 e. The predicted octanol–water partition coefficient (Wildman–Crippen LogP) is 1.79. The average molecular weight is 223 g/mol. The van der Waals surface area contributed by atoms with Crippen molar-refractivity contribution in [2.75, 3.05) is 6.26 Å². The highest BCUT2D eigenvalue weighted by Crippen LogP contribution is 2.34. The molecule has 0 aliphatic carbocycles. The van der Waals surface area contributed by atoms with Crippen LogP contribution >= 0.6 is 46.6 Å². The van der Waals surface area contributed by atoms with Gasteiger partial charge in [-0.25, -0.2) is 0 Å². The summed E-state index contributed by atoms with van der Waals surface area (Å²) in [4.78, 5) is 9.92. The summed E-state index contributed by atoms with van der Waals surface area (Å²) in [6.07, 6.45) is 2.24. The van der Waals surface area contributed by atoms with E-state index in [1.54, 1.807) is 6.26 Å². The van der Waals surface area contributed by atoms with Gasteiger partial charge in [-0.1, -0.05) is 34.8 Å². The topological polar surface area (TPSA) is 29.1 Å². The fourth-order valence-electron chi connectivity index (χ4n) is 0.358. The zero-order valence-corrected chi connectivity index (χ0v) is 8.19. The van der Waals surface area contributed by atoms with Gasteiger partial charge in [0.2, 0.25) is 10.2 Å². The highest BCUT2D eigenvalue weighted by atomic mass is 35.6. The predicted molar refractivity (Wildman–Crippen MR) is 46.8 cm³/mol. The van der Waals surface area contributed by atoms with Crippen molar-refractivity contribution in [3.05, 3.63) is 0 Å². The number of hydrogen-bond donors (Lipinski definition) is 1. The maximum absolute atomic E-state index is 9.92. The Morgan fingerprint density at radius 1 is 1.60 bits per heavy atom. The molecule has 6 heteroatoms. The monoisotopic (exact) mass is 221 g/mol. The molecule has 1 N–H and O–H groups in total. The van der Waals surface area contributed by atoms with Gasteiger partial charge in [0, 0.05) is 0 Å². The molecule has 0 aliphatic heterocycles. The molecule has 1 unspecified atom stereocenters. The summed E-state index contributed by atoms with van der Waals surface area (Å²) in [5.41, 5.74) is 0. The summed E-state index contributed by atoms with van der Waals surface area (Å²) < 4.78 is -1.44. The number of thioether (sulfide) groups is 1. The number of nitrogens with one attached hydrogen (secondary N) is 1. The molecule has 10 heavy (non-hydrogen) atoms. The maximum atomic E-state index is 9.92. The van der Waals surface area contributed by atoms with E-state index in [1.807, 2.05) is 0 Å². The van der Waals surface area contributed by atoms with Crippen LogP contribution in [0.3, 0.4) is 0 Å². The number of amides is 1. The molecule has 0 saturated heterocycles. The summed E-state index contributed by atoms with van der Waals surface area (Å²) >= 11 is 17.7. The van der Waals surface area contributed by atoms with Gasteiger partial charge >= 0.3 is 0 Å². The molecule has 1 amide bonds. The van der Waals surface area contributed by atoms with E-state index in [1.165, 1.54) is 11.8 Å². The molecule has 1 atom stereocenters. The van der Waals surface area contributed by atoms with Crippen LogP contribution in [0.1, 0.15) is 0 Å². The van der Waals surface area contributed by atoms with E-state index in [9.17, 15) is 4.79 Å². The van der Waals surface area contributed by atoms with Crippen molar-refractivity contribution in [2.45, 2.75) is 9.17 Å². The number of carbonyl (C=O) groups excluding carboxylic acids is 1. The Hall–Kier alpha value is 0.690. The molecule has 0 spiro atoms. The van der Waals surface area contributed by atoms with Gasteiger partial charge in [-0.3, -0.25) is 4.79 Å². The van der Waals surface area contributed by atoms with Crippen molar-refractivity contribution in [3.63, 3.8) is 0 Å².